The number of hydrogen-bond donors (Lipinski definition) is 1. The van der Waals surface area contributed by atoms with E-state index < -0.39 is 0 Å². The van der Waals surface area contributed by atoms with Gasteiger partial charge in [0.15, 0.2) is 0 Å². The van der Waals surface area contributed by atoms with Gasteiger partial charge >= 0.3 is 0 Å². The summed E-state index contributed by atoms with van der Waals surface area (Å²) in [6.45, 7) is 6.45. The number of aryl methyl sites for hydroxylation is 3. The summed E-state index contributed by atoms with van der Waals surface area (Å²) in [5.74, 6) is 0.935. The number of aromatic nitrogens is 1. The molecule has 2 heteroatoms. The Kier molecular flexibility index (Phi) is 2.43. The molecule has 0 aliphatic rings. The highest BCUT2D eigenvalue weighted by atomic mass is 16.5. The lowest BCUT2D eigenvalue weighted by molar-refractivity contribution is 0.415. The molecule has 0 spiro atoms. The van der Waals surface area contributed by atoms with Gasteiger partial charge in [-0.2, -0.15) is 0 Å². The molecule has 2 aromatic rings. The van der Waals surface area contributed by atoms with Crippen molar-refractivity contribution in [2.75, 3.05) is 7.11 Å². The largest absolute Gasteiger partial charge is 0.497 e. The predicted molar refractivity (Wildman–Crippen MR) is 63.7 cm³/mol. The van der Waals surface area contributed by atoms with Crippen molar-refractivity contribution >= 4 is 10.9 Å². The summed E-state index contributed by atoms with van der Waals surface area (Å²) in [5.41, 5.74) is 5.15. The molecular formula is C13H17NO. The Hall–Kier alpha value is -1.44. The minimum Gasteiger partial charge on any atom is -0.497 e. The molecule has 0 aliphatic heterocycles. The van der Waals surface area contributed by atoms with Crippen molar-refractivity contribution in [3.63, 3.8) is 0 Å². The first-order valence-electron chi connectivity index (χ1n) is 5.33. The monoisotopic (exact) mass is 203 g/mol. The lowest BCUT2D eigenvalue weighted by Crippen LogP contribution is -1.84. The van der Waals surface area contributed by atoms with Crippen LogP contribution in [0.4, 0.5) is 0 Å². The second-order valence-corrected chi connectivity index (χ2v) is 3.95. The van der Waals surface area contributed by atoms with Gasteiger partial charge in [-0.05, 0) is 43.5 Å². The van der Waals surface area contributed by atoms with Gasteiger partial charge in [-0.15, -0.1) is 0 Å². The highest BCUT2D eigenvalue weighted by Crippen LogP contribution is 2.29. The molecular weight excluding hydrogens is 186 g/mol. The Morgan fingerprint density at radius 2 is 2.00 bits per heavy atom. The summed E-state index contributed by atoms with van der Waals surface area (Å²) in [6, 6.07) is 4.17. The van der Waals surface area contributed by atoms with E-state index in [1.54, 1.807) is 7.11 Å². The standard InChI is InChI=1S/C13H17NO/c1-5-12-9(3)11-7-10(15-4)6-8(2)13(11)14-12/h6-7,14H,5H2,1-4H3. The number of methoxy groups -OCH3 is 1. The zero-order chi connectivity index (χ0) is 11.0. The van der Waals surface area contributed by atoms with Crippen LogP contribution in [0.2, 0.25) is 0 Å². The first kappa shape index (κ1) is 10.1. The van der Waals surface area contributed by atoms with E-state index in [0.29, 0.717) is 0 Å². The van der Waals surface area contributed by atoms with Gasteiger partial charge in [-0.25, -0.2) is 0 Å². The average molecular weight is 203 g/mol. The number of aromatic amines is 1. The van der Waals surface area contributed by atoms with Gasteiger partial charge in [0.2, 0.25) is 0 Å². The second-order valence-electron chi connectivity index (χ2n) is 3.95. The van der Waals surface area contributed by atoms with Crippen molar-refractivity contribution in [2.45, 2.75) is 27.2 Å². The summed E-state index contributed by atoms with van der Waals surface area (Å²) < 4.78 is 5.29. The highest BCUT2D eigenvalue weighted by molar-refractivity contribution is 5.88. The molecule has 0 unspecified atom stereocenters. The Morgan fingerprint density at radius 1 is 1.27 bits per heavy atom. The van der Waals surface area contributed by atoms with E-state index in [4.69, 9.17) is 4.74 Å². The number of fused-ring (bicyclic) bond motifs is 1. The smallest absolute Gasteiger partial charge is 0.119 e. The summed E-state index contributed by atoms with van der Waals surface area (Å²) >= 11 is 0. The maximum Gasteiger partial charge on any atom is 0.119 e. The highest BCUT2D eigenvalue weighted by Gasteiger charge is 2.09. The van der Waals surface area contributed by atoms with E-state index in [2.05, 4.69) is 37.9 Å². The maximum atomic E-state index is 5.29. The van der Waals surface area contributed by atoms with Crippen LogP contribution in [-0.2, 0) is 6.42 Å². The molecule has 15 heavy (non-hydrogen) atoms. The molecule has 0 saturated heterocycles. The third kappa shape index (κ3) is 1.50. The number of benzene rings is 1. The minimum absolute atomic E-state index is 0.935. The Morgan fingerprint density at radius 3 is 2.60 bits per heavy atom. The molecule has 0 atom stereocenters. The van der Waals surface area contributed by atoms with Crippen LogP contribution in [-0.4, -0.2) is 12.1 Å². The summed E-state index contributed by atoms with van der Waals surface area (Å²) in [7, 11) is 1.71. The van der Waals surface area contributed by atoms with E-state index in [1.165, 1.54) is 27.7 Å². The average Bonchev–Trinajstić information content (AvgIpc) is 2.56. The fourth-order valence-corrected chi connectivity index (χ4v) is 2.09. The van der Waals surface area contributed by atoms with E-state index in [-0.39, 0.29) is 0 Å². The van der Waals surface area contributed by atoms with Crippen molar-refractivity contribution in [3.05, 3.63) is 29.0 Å². The van der Waals surface area contributed by atoms with Gasteiger partial charge in [0.25, 0.3) is 0 Å². The fourth-order valence-electron chi connectivity index (χ4n) is 2.09. The van der Waals surface area contributed by atoms with Crippen LogP contribution >= 0.6 is 0 Å². The van der Waals surface area contributed by atoms with Gasteiger partial charge < -0.3 is 9.72 Å². The number of rotatable bonds is 2. The Bertz CT molecular complexity index is 497. The Balaban J connectivity index is 2.77. The zero-order valence-corrected chi connectivity index (χ0v) is 9.77. The molecule has 2 nitrogen and oxygen atoms in total. The van der Waals surface area contributed by atoms with Gasteiger partial charge in [-0.1, -0.05) is 6.92 Å². The summed E-state index contributed by atoms with van der Waals surface area (Å²) in [5, 5.41) is 1.28. The lowest BCUT2D eigenvalue weighted by Gasteiger charge is -2.02. The first-order valence-corrected chi connectivity index (χ1v) is 5.33. The fraction of sp³-hybridized carbons (Fsp3) is 0.385. The van der Waals surface area contributed by atoms with Crippen molar-refractivity contribution in [2.24, 2.45) is 0 Å². The third-order valence-electron chi connectivity index (χ3n) is 3.03. The molecule has 1 N–H and O–H groups in total. The molecule has 0 aliphatic carbocycles. The van der Waals surface area contributed by atoms with Crippen molar-refractivity contribution in [3.8, 4) is 5.75 Å². The molecule has 1 aromatic heterocycles. The molecule has 0 amide bonds. The molecule has 1 aromatic carbocycles. The van der Waals surface area contributed by atoms with E-state index in [1.807, 2.05) is 0 Å². The summed E-state index contributed by atoms with van der Waals surface area (Å²) in [6.07, 6.45) is 1.04. The number of ether oxygens (including phenoxy) is 1. The van der Waals surface area contributed by atoms with Crippen LogP contribution in [0, 0.1) is 13.8 Å². The minimum atomic E-state index is 0.935. The van der Waals surface area contributed by atoms with Crippen LogP contribution in [0.3, 0.4) is 0 Å². The molecule has 0 bridgehead atoms. The molecule has 0 saturated carbocycles. The van der Waals surface area contributed by atoms with Gasteiger partial charge in [0.05, 0.1) is 7.11 Å². The number of H-pyrrole nitrogens is 1. The molecule has 80 valence electrons. The zero-order valence-electron chi connectivity index (χ0n) is 9.77. The second kappa shape index (κ2) is 3.61. The SMILES string of the molecule is CCc1[nH]c2c(C)cc(OC)cc2c1C. The van der Waals surface area contributed by atoms with Crippen molar-refractivity contribution in [1.29, 1.82) is 0 Å². The van der Waals surface area contributed by atoms with Crippen molar-refractivity contribution in [1.82, 2.24) is 4.98 Å². The topological polar surface area (TPSA) is 25.0 Å². The Labute approximate surface area is 90.3 Å². The predicted octanol–water partition coefficient (Wildman–Crippen LogP) is 3.36. The van der Waals surface area contributed by atoms with Gasteiger partial charge in [0, 0.05) is 16.6 Å². The van der Waals surface area contributed by atoms with Gasteiger partial charge in [-0.3, -0.25) is 0 Å². The van der Waals surface area contributed by atoms with Crippen LogP contribution < -0.4 is 4.74 Å². The maximum absolute atomic E-state index is 5.29. The van der Waals surface area contributed by atoms with E-state index in [9.17, 15) is 0 Å². The van der Waals surface area contributed by atoms with Crippen LogP contribution in [0.5, 0.6) is 5.75 Å². The van der Waals surface area contributed by atoms with Gasteiger partial charge in [0.1, 0.15) is 5.75 Å². The van der Waals surface area contributed by atoms with Crippen LogP contribution in [0.15, 0.2) is 12.1 Å². The summed E-state index contributed by atoms with van der Waals surface area (Å²) in [4.78, 5) is 3.48. The van der Waals surface area contributed by atoms with Crippen LogP contribution in [0.1, 0.15) is 23.7 Å². The van der Waals surface area contributed by atoms with E-state index >= 15 is 0 Å². The number of hydrogen-bond acceptors (Lipinski definition) is 1. The quantitative estimate of drug-likeness (QED) is 0.795. The first-order chi connectivity index (χ1) is 7.17. The van der Waals surface area contributed by atoms with Crippen molar-refractivity contribution < 1.29 is 4.74 Å². The molecule has 2 rings (SSSR count). The lowest BCUT2D eigenvalue weighted by atomic mass is 10.1. The van der Waals surface area contributed by atoms with Crippen LogP contribution in [0.25, 0.3) is 10.9 Å². The molecule has 0 radical (unpaired) electrons. The third-order valence-corrected chi connectivity index (χ3v) is 3.03. The number of nitrogens with one attached hydrogen (secondary N) is 1. The molecule has 1 heterocycles. The molecule has 0 fully saturated rings. The van der Waals surface area contributed by atoms with E-state index in [0.717, 1.165) is 12.2 Å². The normalized spacial score (nSPS) is 10.9.